The van der Waals surface area contributed by atoms with Crippen LogP contribution in [0.15, 0.2) is 30.3 Å². The van der Waals surface area contributed by atoms with E-state index < -0.39 is 0 Å². The Labute approximate surface area is 154 Å². The predicted molar refractivity (Wildman–Crippen MR) is 98.2 cm³/mol. The lowest BCUT2D eigenvalue weighted by Gasteiger charge is -2.30. The van der Waals surface area contributed by atoms with Crippen molar-refractivity contribution in [3.05, 3.63) is 35.9 Å². The Bertz CT molecular complexity index is 672. The van der Waals surface area contributed by atoms with Gasteiger partial charge in [0, 0.05) is 32.6 Å². The number of amides is 4. The van der Waals surface area contributed by atoms with Crippen molar-refractivity contribution in [3.8, 4) is 0 Å². The molecule has 1 saturated carbocycles. The first kappa shape index (κ1) is 18.4. The molecule has 140 valence electrons. The lowest BCUT2D eigenvalue weighted by atomic mass is 10.1. The second-order valence-corrected chi connectivity index (χ2v) is 7.37. The van der Waals surface area contributed by atoms with E-state index in [9.17, 15) is 14.4 Å². The van der Waals surface area contributed by atoms with Crippen molar-refractivity contribution < 1.29 is 14.4 Å². The monoisotopic (exact) mass is 357 g/mol. The molecule has 0 aromatic heterocycles. The van der Waals surface area contributed by atoms with E-state index in [1.807, 2.05) is 35.2 Å². The molecule has 1 saturated heterocycles. The zero-order valence-corrected chi connectivity index (χ0v) is 15.6. The van der Waals surface area contributed by atoms with Gasteiger partial charge in [-0.1, -0.05) is 30.3 Å². The molecule has 1 aromatic rings. The molecule has 3 rings (SSSR count). The third-order valence-corrected chi connectivity index (χ3v) is 5.32. The maximum atomic E-state index is 12.8. The summed E-state index contributed by atoms with van der Waals surface area (Å²) in [7, 11) is 1.62. The Morgan fingerprint density at radius 3 is 2.50 bits per heavy atom. The van der Waals surface area contributed by atoms with Crippen molar-refractivity contribution in [3.63, 3.8) is 0 Å². The highest BCUT2D eigenvalue weighted by atomic mass is 16.2. The first-order valence-electron chi connectivity index (χ1n) is 9.36. The summed E-state index contributed by atoms with van der Waals surface area (Å²) in [5.74, 6) is 0.510. The number of carbonyl (C=O) groups is 3. The topological polar surface area (TPSA) is 60.9 Å². The molecule has 2 fully saturated rings. The Balaban J connectivity index is 1.57. The van der Waals surface area contributed by atoms with Crippen LogP contribution in [0.25, 0.3) is 0 Å². The average Bonchev–Trinajstić information content (AvgIpc) is 3.44. The fourth-order valence-corrected chi connectivity index (χ4v) is 3.49. The Kier molecular flexibility index (Phi) is 5.59. The van der Waals surface area contributed by atoms with Crippen LogP contribution in [0.1, 0.15) is 38.2 Å². The van der Waals surface area contributed by atoms with Gasteiger partial charge in [-0.15, -0.1) is 0 Å². The highest BCUT2D eigenvalue weighted by Gasteiger charge is 2.35. The van der Waals surface area contributed by atoms with E-state index >= 15 is 0 Å². The van der Waals surface area contributed by atoms with Gasteiger partial charge in [-0.05, 0) is 37.7 Å². The van der Waals surface area contributed by atoms with Gasteiger partial charge in [0.05, 0.1) is 0 Å². The number of likely N-dealkylation sites (N-methyl/N-ethyl adjacent to an activating group) is 1. The van der Waals surface area contributed by atoms with Crippen molar-refractivity contribution in [2.75, 3.05) is 20.1 Å². The van der Waals surface area contributed by atoms with E-state index in [1.54, 1.807) is 7.05 Å². The molecule has 6 heteroatoms. The minimum absolute atomic E-state index is 0.0979. The zero-order valence-electron chi connectivity index (χ0n) is 15.6. The Hall–Kier alpha value is -2.37. The molecule has 1 heterocycles. The van der Waals surface area contributed by atoms with Crippen LogP contribution >= 0.6 is 0 Å². The van der Waals surface area contributed by atoms with E-state index in [1.165, 1.54) is 22.6 Å². The molecule has 0 bridgehead atoms. The number of imide groups is 1. The van der Waals surface area contributed by atoms with Gasteiger partial charge >= 0.3 is 6.03 Å². The van der Waals surface area contributed by atoms with Crippen LogP contribution < -0.4 is 0 Å². The van der Waals surface area contributed by atoms with E-state index in [0.29, 0.717) is 31.8 Å². The largest absolute Gasteiger partial charge is 0.335 e. The number of hydrogen-bond acceptors (Lipinski definition) is 3. The lowest BCUT2D eigenvalue weighted by Crippen LogP contribution is -2.40. The molecular formula is C20H27N3O3. The summed E-state index contributed by atoms with van der Waals surface area (Å²) in [6.07, 6.45) is 3.23. The van der Waals surface area contributed by atoms with Gasteiger partial charge in [0.25, 0.3) is 0 Å². The Morgan fingerprint density at radius 2 is 1.92 bits per heavy atom. The lowest BCUT2D eigenvalue weighted by molar-refractivity contribution is -0.135. The van der Waals surface area contributed by atoms with Gasteiger partial charge in [-0.25, -0.2) is 4.79 Å². The predicted octanol–water partition coefficient (Wildman–Crippen LogP) is 2.49. The summed E-state index contributed by atoms with van der Waals surface area (Å²) in [6, 6.07) is 9.98. The molecule has 1 aliphatic heterocycles. The standard InChI is InChI=1S/C20H27N3O3/c1-15(17-10-11-17)23(13-16-7-4-3-5-8-16)18(24)9-6-12-22-19(25)14-21(2)20(22)26/h3-5,7-8,15,17H,6,9-14H2,1-2H3. The van der Waals surface area contributed by atoms with Gasteiger partial charge in [0.1, 0.15) is 6.54 Å². The maximum absolute atomic E-state index is 12.8. The van der Waals surface area contributed by atoms with Gasteiger partial charge in [-0.3, -0.25) is 14.5 Å². The third kappa shape index (κ3) is 4.23. The molecule has 26 heavy (non-hydrogen) atoms. The van der Waals surface area contributed by atoms with Crippen molar-refractivity contribution in [1.29, 1.82) is 0 Å². The summed E-state index contributed by atoms with van der Waals surface area (Å²) < 4.78 is 0. The van der Waals surface area contributed by atoms with Crippen molar-refractivity contribution in [2.45, 2.75) is 45.2 Å². The number of nitrogens with zero attached hydrogens (tertiary/aromatic N) is 3. The van der Waals surface area contributed by atoms with E-state index in [0.717, 1.165) is 5.56 Å². The number of carbonyl (C=O) groups excluding carboxylic acids is 3. The zero-order chi connectivity index (χ0) is 18.7. The van der Waals surface area contributed by atoms with Gasteiger partial charge < -0.3 is 9.80 Å². The number of rotatable bonds is 8. The van der Waals surface area contributed by atoms with Crippen molar-refractivity contribution in [1.82, 2.24) is 14.7 Å². The molecule has 1 unspecified atom stereocenters. The fraction of sp³-hybridized carbons (Fsp3) is 0.550. The average molecular weight is 357 g/mol. The second-order valence-electron chi connectivity index (χ2n) is 7.37. The van der Waals surface area contributed by atoms with Crippen LogP contribution in [0.4, 0.5) is 4.79 Å². The molecule has 1 atom stereocenters. The minimum atomic E-state index is -0.269. The molecule has 1 aromatic carbocycles. The molecule has 0 N–H and O–H groups in total. The number of urea groups is 1. The van der Waals surface area contributed by atoms with E-state index in [4.69, 9.17) is 0 Å². The Morgan fingerprint density at radius 1 is 1.23 bits per heavy atom. The summed E-state index contributed by atoms with van der Waals surface area (Å²) in [4.78, 5) is 41.2. The van der Waals surface area contributed by atoms with Crippen molar-refractivity contribution in [2.24, 2.45) is 5.92 Å². The summed E-state index contributed by atoms with van der Waals surface area (Å²) in [6.45, 7) is 3.18. The third-order valence-electron chi connectivity index (χ3n) is 5.32. The normalized spacial score (nSPS) is 18.4. The van der Waals surface area contributed by atoms with E-state index in [-0.39, 0.29) is 30.4 Å². The molecule has 0 spiro atoms. The quantitative estimate of drug-likeness (QED) is 0.672. The van der Waals surface area contributed by atoms with Crippen LogP contribution in [-0.4, -0.2) is 58.7 Å². The fourth-order valence-electron chi connectivity index (χ4n) is 3.49. The van der Waals surface area contributed by atoms with Gasteiger partial charge in [0.15, 0.2) is 0 Å². The van der Waals surface area contributed by atoms with Gasteiger partial charge in [0.2, 0.25) is 11.8 Å². The molecule has 2 aliphatic rings. The van der Waals surface area contributed by atoms with Crippen LogP contribution in [0.3, 0.4) is 0 Å². The first-order valence-corrected chi connectivity index (χ1v) is 9.36. The molecule has 4 amide bonds. The number of hydrogen-bond donors (Lipinski definition) is 0. The van der Waals surface area contributed by atoms with Crippen LogP contribution in [0.2, 0.25) is 0 Å². The SMILES string of the molecule is CC(C1CC1)N(Cc1ccccc1)C(=O)CCCN1C(=O)CN(C)C1=O. The molecule has 0 radical (unpaired) electrons. The van der Waals surface area contributed by atoms with Crippen molar-refractivity contribution >= 4 is 17.8 Å². The van der Waals surface area contributed by atoms with Crippen LogP contribution in [0, 0.1) is 5.92 Å². The summed E-state index contributed by atoms with van der Waals surface area (Å²) in [5.41, 5.74) is 1.12. The minimum Gasteiger partial charge on any atom is -0.335 e. The first-order chi connectivity index (χ1) is 12.5. The number of benzene rings is 1. The second kappa shape index (κ2) is 7.89. The highest BCUT2D eigenvalue weighted by Crippen LogP contribution is 2.36. The summed E-state index contributed by atoms with van der Waals surface area (Å²) >= 11 is 0. The summed E-state index contributed by atoms with van der Waals surface area (Å²) in [5, 5.41) is 0. The van der Waals surface area contributed by atoms with Crippen LogP contribution in [-0.2, 0) is 16.1 Å². The molecular weight excluding hydrogens is 330 g/mol. The van der Waals surface area contributed by atoms with Crippen LogP contribution in [0.5, 0.6) is 0 Å². The molecule has 1 aliphatic carbocycles. The smallest absolute Gasteiger partial charge is 0.326 e. The highest BCUT2D eigenvalue weighted by molar-refractivity contribution is 6.01. The van der Waals surface area contributed by atoms with Gasteiger partial charge in [-0.2, -0.15) is 0 Å². The maximum Gasteiger partial charge on any atom is 0.326 e. The molecule has 6 nitrogen and oxygen atoms in total. The van der Waals surface area contributed by atoms with E-state index in [2.05, 4.69) is 6.92 Å².